The number of rotatable bonds is 0. The van der Waals surface area contributed by atoms with Crippen molar-refractivity contribution in [3.63, 3.8) is 0 Å². The Labute approximate surface area is 64.8 Å². The van der Waals surface area contributed by atoms with Crippen molar-refractivity contribution >= 4 is 0 Å². The monoisotopic (exact) mass is 268 g/mol. The third-order valence-corrected chi connectivity index (χ3v) is 0. The molecule has 7 heavy (non-hydrogen) atoms. The van der Waals surface area contributed by atoms with Crippen LogP contribution < -0.4 is 0 Å². The van der Waals surface area contributed by atoms with E-state index in [-0.39, 0.29) is 25.8 Å². The molecule has 0 saturated carbocycles. The Morgan fingerprint density at radius 3 is 0.714 bits per heavy atom. The number of hydrogen-bond acceptors (Lipinski definition) is 0. The molecule has 0 spiro atoms. The molecular formula is C4H12HfN2-2. The minimum Gasteiger partial charge on any atom is -0.668 e. The summed E-state index contributed by atoms with van der Waals surface area (Å²) >= 11 is 0. The summed E-state index contributed by atoms with van der Waals surface area (Å²) in [7, 11) is 7.00. The van der Waals surface area contributed by atoms with E-state index in [0.29, 0.717) is 0 Å². The van der Waals surface area contributed by atoms with Crippen molar-refractivity contribution in [2.45, 2.75) is 0 Å². The van der Waals surface area contributed by atoms with Gasteiger partial charge in [-0.3, -0.25) is 0 Å². The number of hydrogen-bond donors (Lipinski definition) is 0. The van der Waals surface area contributed by atoms with Crippen LogP contribution in [0.3, 0.4) is 0 Å². The second kappa shape index (κ2) is 29.2. The fourth-order valence-electron chi connectivity index (χ4n) is 0. The van der Waals surface area contributed by atoms with E-state index in [2.05, 4.69) is 10.6 Å². The SMILES string of the molecule is C[N-]C.C[N-]C.[Hf]. The predicted molar refractivity (Wildman–Crippen MR) is 30.4 cm³/mol. The average Bonchev–Trinajstić information content (AvgIpc) is 1.39. The van der Waals surface area contributed by atoms with Crippen LogP contribution in [0, 0.1) is 0 Å². The Morgan fingerprint density at radius 2 is 0.714 bits per heavy atom. The van der Waals surface area contributed by atoms with Crippen LogP contribution in [0.2, 0.25) is 0 Å². The Bertz CT molecular complexity index is 11.7. The molecule has 0 aromatic rings. The Kier molecular flexibility index (Phi) is 65.4. The van der Waals surface area contributed by atoms with E-state index in [9.17, 15) is 0 Å². The van der Waals surface area contributed by atoms with Gasteiger partial charge in [-0.05, 0) is 0 Å². The van der Waals surface area contributed by atoms with Gasteiger partial charge in [-0.2, -0.15) is 28.2 Å². The quantitative estimate of drug-likeness (QED) is 0.590. The molecule has 0 unspecified atom stereocenters. The van der Waals surface area contributed by atoms with Crippen LogP contribution in [0.15, 0.2) is 0 Å². The molecule has 0 rings (SSSR count). The van der Waals surface area contributed by atoms with E-state index < -0.39 is 0 Å². The average molecular weight is 267 g/mol. The van der Waals surface area contributed by atoms with Gasteiger partial charge in [0.2, 0.25) is 0 Å². The smallest absolute Gasteiger partial charge is 0 e. The van der Waals surface area contributed by atoms with Gasteiger partial charge in [0.25, 0.3) is 0 Å². The standard InChI is InChI=1S/2C2H6N.Hf/c2*1-3-2;/h2*1-2H3;/q2*-1;. The van der Waals surface area contributed by atoms with Gasteiger partial charge in [-0.25, -0.2) is 0 Å². The van der Waals surface area contributed by atoms with E-state index in [4.69, 9.17) is 0 Å². The van der Waals surface area contributed by atoms with E-state index in [1.807, 2.05) is 0 Å². The van der Waals surface area contributed by atoms with Crippen LogP contribution in [0.5, 0.6) is 0 Å². The molecule has 0 aliphatic heterocycles. The molecule has 0 aliphatic carbocycles. The molecule has 0 amide bonds. The summed E-state index contributed by atoms with van der Waals surface area (Å²) in [6, 6.07) is 0. The van der Waals surface area contributed by atoms with Crippen LogP contribution in [0.25, 0.3) is 10.6 Å². The first-order valence-corrected chi connectivity index (χ1v) is 1.79. The van der Waals surface area contributed by atoms with Gasteiger partial charge in [0.05, 0.1) is 0 Å². The molecule has 0 radical (unpaired) electrons. The summed E-state index contributed by atoms with van der Waals surface area (Å²) in [5.74, 6) is 0. The molecule has 0 N–H and O–H groups in total. The van der Waals surface area contributed by atoms with E-state index in [1.54, 1.807) is 28.2 Å². The largest absolute Gasteiger partial charge is 0.668 e. The minimum atomic E-state index is 0. The molecule has 0 atom stereocenters. The molecule has 3 heteroatoms. The van der Waals surface area contributed by atoms with Crippen LogP contribution in [0.4, 0.5) is 0 Å². The Hall–Kier alpha value is 0.790. The molecule has 0 aromatic carbocycles. The second-order valence-electron chi connectivity index (χ2n) is 0.894. The van der Waals surface area contributed by atoms with Crippen LogP contribution in [-0.4, -0.2) is 28.2 Å². The van der Waals surface area contributed by atoms with Gasteiger partial charge >= 0.3 is 0 Å². The summed E-state index contributed by atoms with van der Waals surface area (Å²) in [4.78, 5) is 0. The summed E-state index contributed by atoms with van der Waals surface area (Å²) in [6.07, 6.45) is 0. The first-order chi connectivity index (χ1) is 2.83. The molecule has 0 bridgehead atoms. The minimum absolute atomic E-state index is 0. The summed E-state index contributed by atoms with van der Waals surface area (Å²) in [5.41, 5.74) is 0. The normalized spacial score (nSPS) is 5.14. The first-order valence-electron chi connectivity index (χ1n) is 1.79. The Balaban J connectivity index is -0.0000000400. The van der Waals surface area contributed by atoms with Gasteiger partial charge in [-0.15, -0.1) is 0 Å². The molecule has 2 nitrogen and oxygen atoms in total. The molecule has 44 valence electrons. The van der Waals surface area contributed by atoms with Crippen LogP contribution >= 0.6 is 0 Å². The van der Waals surface area contributed by atoms with E-state index >= 15 is 0 Å². The van der Waals surface area contributed by atoms with Gasteiger partial charge in [-0.1, -0.05) is 0 Å². The maximum absolute atomic E-state index is 3.50. The van der Waals surface area contributed by atoms with Gasteiger partial charge in [0, 0.05) is 25.8 Å². The molecule has 0 aliphatic rings. The summed E-state index contributed by atoms with van der Waals surface area (Å²) in [6.45, 7) is 0. The fraction of sp³-hybridized carbons (Fsp3) is 1.00. The van der Waals surface area contributed by atoms with Crippen LogP contribution in [-0.2, 0) is 25.8 Å². The van der Waals surface area contributed by atoms with E-state index in [1.165, 1.54) is 0 Å². The van der Waals surface area contributed by atoms with Gasteiger partial charge in [0.15, 0.2) is 0 Å². The predicted octanol–water partition coefficient (Wildman–Crippen LogP) is 1.24. The fourth-order valence-corrected chi connectivity index (χ4v) is 0. The third kappa shape index (κ3) is 250. The van der Waals surface area contributed by atoms with Gasteiger partial charge < -0.3 is 10.6 Å². The zero-order chi connectivity index (χ0) is 5.41. The molecule has 0 fully saturated rings. The van der Waals surface area contributed by atoms with E-state index in [0.717, 1.165) is 0 Å². The van der Waals surface area contributed by atoms with Crippen molar-refractivity contribution in [1.29, 1.82) is 0 Å². The third-order valence-electron chi connectivity index (χ3n) is 0. The topological polar surface area (TPSA) is 28.2 Å². The van der Waals surface area contributed by atoms with Crippen molar-refractivity contribution in [2.75, 3.05) is 28.2 Å². The van der Waals surface area contributed by atoms with Crippen molar-refractivity contribution in [3.8, 4) is 0 Å². The maximum Gasteiger partial charge on any atom is 0 e. The van der Waals surface area contributed by atoms with Crippen LogP contribution in [0.1, 0.15) is 0 Å². The van der Waals surface area contributed by atoms with Crippen molar-refractivity contribution in [1.82, 2.24) is 0 Å². The zero-order valence-corrected chi connectivity index (χ0v) is 8.99. The van der Waals surface area contributed by atoms with Crippen molar-refractivity contribution in [3.05, 3.63) is 10.6 Å². The van der Waals surface area contributed by atoms with Crippen molar-refractivity contribution in [2.24, 2.45) is 0 Å². The zero-order valence-electron chi connectivity index (χ0n) is 5.39. The van der Waals surface area contributed by atoms with Gasteiger partial charge in [0.1, 0.15) is 0 Å². The maximum atomic E-state index is 3.50. The Morgan fingerprint density at radius 1 is 0.714 bits per heavy atom. The summed E-state index contributed by atoms with van der Waals surface area (Å²) < 4.78 is 0. The van der Waals surface area contributed by atoms with Crippen molar-refractivity contribution < 1.29 is 25.8 Å². The molecule has 0 heterocycles. The second-order valence-corrected chi connectivity index (χ2v) is 0.894. The number of nitrogens with zero attached hydrogens (tertiary/aromatic N) is 2. The first kappa shape index (κ1) is 15.7. The molecular weight excluding hydrogens is 255 g/mol. The molecule has 0 aromatic heterocycles. The summed E-state index contributed by atoms with van der Waals surface area (Å²) in [5, 5.41) is 7.00. The molecule has 0 saturated heterocycles.